The summed E-state index contributed by atoms with van der Waals surface area (Å²) in [5.41, 5.74) is 0.858. The summed E-state index contributed by atoms with van der Waals surface area (Å²) in [7, 11) is 1.67. The Morgan fingerprint density at radius 3 is 2.67 bits per heavy atom. The van der Waals surface area contributed by atoms with Crippen molar-refractivity contribution in [2.75, 3.05) is 13.6 Å². The number of nitrogens with zero attached hydrogens (tertiary/aromatic N) is 1. The topological polar surface area (TPSA) is 97.8 Å². The smallest absolute Gasteiger partial charge is 0.267 e. The van der Waals surface area contributed by atoms with E-state index in [-0.39, 0.29) is 17.7 Å². The van der Waals surface area contributed by atoms with Crippen LogP contribution in [0.25, 0.3) is 0 Å². The van der Waals surface area contributed by atoms with Gasteiger partial charge >= 0.3 is 0 Å². The van der Waals surface area contributed by atoms with Crippen molar-refractivity contribution >= 4 is 11.8 Å². The summed E-state index contributed by atoms with van der Waals surface area (Å²) in [6, 6.07) is 3.52. The van der Waals surface area contributed by atoms with Crippen LogP contribution < -0.4 is 10.6 Å². The van der Waals surface area contributed by atoms with E-state index in [1.54, 1.807) is 7.05 Å². The van der Waals surface area contributed by atoms with Crippen molar-refractivity contribution in [3.8, 4) is 6.07 Å². The molecule has 0 saturated heterocycles. The summed E-state index contributed by atoms with van der Waals surface area (Å²) in [6.07, 6.45) is 5.17. The van der Waals surface area contributed by atoms with Gasteiger partial charge in [0.25, 0.3) is 5.91 Å². The molecule has 0 bridgehead atoms. The van der Waals surface area contributed by atoms with Gasteiger partial charge in [0.1, 0.15) is 11.8 Å². The number of rotatable bonds is 4. The molecule has 112 valence electrons. The summed E-state index contributed by atoms with van der Waals surface area (Å²) < 4.78 is 0. The van der Waals surface area contributed by atoms with Gasteiger partial charge in [-0.1, -0.05) is 0 Å². The Hall–Kier alpha value is -2.29. The van der Waals surface area contributed by atoms with Gasteiger partial charge in [-0.3, -0.25) is 9.59 Å². The minimum Gasteiger partial charge on any atom is -0.359 e. The number of hydrogen-bond acceptors (Lipinski definition) is 3. The van der Waals surface area contributed by atoms with E-state index in [1.165, 1.54) is 12.3 Å². The third-order valence-electron chi connectivity index (χ3n) is 4.07. The lowest BCUT2D eigenvalue weighted by Gasteiger charge is -2.27. The van der Waals surface area contributed by atoms with Gasteiger partial charge in [-0.05, 0) is 37.7 Å². The highest BCUT2D eigenvalue weighted by Crippen LogP contribution is 2.28. The number of nitriles is 1. The Morgan fingerprint density at radius 1 is 1.38 bits per heavy atom. The first kappa shape index (κ1) is 15.1. The first-order valence-electron chi connectivity index (χ1n) is 7.22. The van der Waals surface area contributed by atoms with Crippen molar-refractivity contribution in [2.45, 2.75) is 25.7 Å². The van der Waals surface area contributed by atoms with E-state index in [0.717, 1.165) is 25.7 Å². The second-order valence-corrected chi connectivity index (χ2v) is 5.46. The molecule has 1 aliphatic carbocycles. The fourth-order valence-electron chi connectivity index (χ4n) is 2.76. The zero-order chi connectivity index (χ0) is 15.2. The SMILES string of the molecule is CNC(=O)C1CCC(CNC(=O)c2cc(C#N)c[nH]2)CC1. The number of nitrogens with one attached hydrogen (secondary N) is 3. The zero-order valence-electron chi connectivity index (χ0n) is 12.1. The van der Waals surface area contributed by atoms with Gasteiger partial charge in [0.15, 0.2) is 0 Å². The standard InChI is InChI=1S/C15H20N4O2/c1-17-14(20)12-4-2-10(3-5-12)8-19-15(21)13-6-11(7-16)9-18-13/h6,9-10,12,18H,2-5,8H2,1H3,(H,17,20)(H,19,21). The Kier molecular flexibility index (Phi) is 4.99. The Labute approximate surface area is 123 Å². The monoisotopic (exact) mass is 288 g/mol. The lowest BCUT2D eigenvalue weighted by Crippen LogP contribution is -2.35. The second kappa shape index (κ2) is 6.93. The van der Waals surface area contributed by atoms with Crippen molar-refractivity contribution in [3.63, 3.8) is 0 Å². The van der Waals surface area contributed by atoms with Crippen molar-refractivity contribution < 1.29 is 9.59 Å². The number of carbonyl (C=O) groups is 2. The van der Waals surface area contributed by atoms with E-state index in [0.29, 0.717) is 23.7 Å². The van der Waals surface area contributed by atoms with Gasteiger partial charge in [0.2, 0.25) is 5.91 Å². The molecule has 1 aromatic rings. The van der Waals surface area contributed by atoms with Crippen molar-refractivity contribution in [2.24, 2.45) is 11.8 Å². The summed E-state index contributed by atoms with van der Waals surface area (Å²) in [6.45, 7) is 0.611. The normalized spacial score (nSPS) is 21.3. The number of aromatic nitrogens is 1. The molecule has 0 atom stereocenters. The molecule has 1 saturated carbocycles. The third kappa shape index (κ3) is 3.85. The molecule has 2 rings (SSSR count). The maximum absolute atomic E-state index is 11.9. The molecule has 0 aromatic carbocycles. The van der Waals surface area contributed by atoms with Crippen LogP contribution >= 0.6 is 0 Å². The molecule has 21 heavy (non-hydrogen) atoms. The molecule has 0 aliphatic heterocycles. The molecular weight excluding hydrogens is 268 g/mol. The molecule has 6 nitrogen and oxygen atoms in total. The molecule has 1 aromatic heterocycles. The summed E-state index contributed by atoms with van der Waals surface area (Å²) in [5, 5.41) is 14.3. The molecular formula is C15H20N4O2. The van der Waals surface area contributed by atoms with Gasteiger partial charge in [-0.2, -0.15) is 5.26 Å². The minimum atomic E-state index is -0.190. The molecule has 0 radical (unpaired) electrons. The molecule has 3 N–H and O–H groups in total. The fraction of sp³-hybridized carbons (Fsp3) is 0.533. The van der Waals surface area contributed by atoms with E-state index in [4.69, 9.17) is 5.26 Å². The predicted molar refractivity (Wildman–Crippen MR) is 77.4 cm³/mol. The van der Waals surface area contributed by atoms with Gasteiger partial charge in [0, 0.05) is 25.7 Å². The van der Waals surface area contributed by atoms with Gasteiger partial charge < -0.3 is 15.6 Å². The van der Waals surface area contributed by atoms with Crippen LogP contribution in [0.15, 0.2) is 12.3 Å². The number of aromatic amines is 1. The first-order chi connectivity index (χ1) is 10.1. The van der Waals surface area contributed by atoms with Crippen LogP contribution in [0.5, 0.6) is 0 Å². The highest BCUT2D eigenvalue weighted by Gasteiger charge is 2.25. The van der Waals surface area contributed by atoms with E-state index >= 15 is 0 Å². The van der Waals surface area contributed by atoms with Crippen LogP contribution in [0.2, 0.25) is 0 Å². The Morgan fingerprint density at radius 2 is 2.10 bits per heavy atom. The number of amides is 2. The Bertz CT molecular complexity index is 550. The summed E-state index contributed by atoms with van der Waals surface area (Å²) in [4.78, 5) is 26.3. The third-order valence-corrected chi connectivity index (χ3v) is 4.07. The molecule has 0 unspecified atom stereocenters. The van der Waals surface area contributed by atoms with Crippen molar-refractivity contribution in [1.82, 2.24) is 15.6 Å². The van der Waals surface area contributed by atoms with Crippen LogP contribution in [0.4, 0.5) is 0 Å². The minimum absolute atomic E-state index is 0.114. The summed E-state index contributed by atoms with van der Waals surface area (Å²) >= 11 is 0. The number of carbonyl (C=O) groups excluding carboxylic acids is 2. The average molecular weight is 288 g/mol. The van der Waals surface area contributed by atoms with Crippen molar-refractivity contribution in [1.29, 1.82) is 5.26 Å². The van der Waals surface area contributed by atoms with Gasteiger partial charge in [-0.15, -0.1) is 0 Å². The largest absolute Gasteiger partial charge is 0.359 e. The van der Waals surface area contributed by atoms with Crippen molar-refractivity contribution in [3.05, 3.63) is 23.5 Å². The second-order valence-electron chi connectivity index (χ2n) is 5.46. The fourth-order valence-corrected chi connectivity index (χ4v) is 2.76. The van der Waals surface area contributed by atoms with Crippen LogP contribution in [0, 0.1) is 23.2 Å². The maximum atomic E-state index is 11.9. The predicted octanol–water partition coefficient (Wildman–Crippen LogP) is 1.17. The molecule has 2 amide bonds. The van der Waals surface area contributed by atoms with E-state index < -0.39 is 0 Å². The van der Waals surface area contributed by atoms with E-state index in [1.807, 2.05) is 6.07 Å². The molecule has 0 spiro atoms. The van der Waals surface area contributed by atoms with Crippen LogP contribution in [0.3, 0.4) is 0 Å². The van der Waals surface area contributed by atoms with Crippen LogP contribution in [0.1, 0.15) is 41.7 Å². The average Bonchev–Trinajstić information content (AvgIpc) is 3.01. The lowest BCUT2D eigenvalue weighted by atomic mass is 9.81. The van der Waals surface area contributed by atoms with Gasteiger partial charge in [0.05, 0.1) is 5.56 Å². The lowest BCUT2D eigenvalue weighted by molar-refractivity contribution is -0.125. The quantitative estimate of drug-likeness (QED) is 0.775. The summed E-state index contributed by atoms with van der Waals surface area (Å²) in [5.74, 6) is 0.460. The number of hydrogen-bond donors (Lipinski definition) is 3. The highest BCUT2D eigenvalue weighted by atomic mass is 16.2. The molecule has 6 heteroatoms. The first-order valence-corrected chi connectivity index (χ1v) is 7.22. The Balaban J connectivity index is 1.76. The van der Waals surface area contributed by atoms with Crippen LogP contribution in [-0.4, -0.2) is 30.4 Å². The maximum Gasteiger partial charge on any atom is 0.267 e. The molecule has 1 heterocycles. The zero-order valence-corrected chi connectivity index (χ0v) is 12.1. The molecule has 1 fully saturated rings. The van der Waals surface area contributed by atoms with E-state index in [9.17, 15) is 9.59 Å². The highest BCUT2D eigenvalue weighted by molar-refractivity contribution is 5.92. The van der Waals surface area contributed by atoms with Crippen LogP contribution in [-0.2, 0) is 4.79 Å². The van der Waals surface area contributed by atoms with E-state index in [2.05, 4.69) is 15.6 Å². The van der Waals surface area contributed by atoms with Gasteiger partial charge in [-0.25, -0.2) is 0 Å². The number of H-pyrrole nitrogens is 1. The molecule has 1 aliphatic rings.